The first kappa shape index (κ1) is 28.5. The molecule has 9 nitrogen and oxygen atoms in total. The van der Waals surface area contributed by atoms with Crippen molar-refractivity contribution in [1.82, 2.24) is 9.55 Å². The van der Waals surface area contributed by atoms with E-state index in [4.69, 9.17) is 14.2 Å². The van der Waals surface area contributed by atoms with Gasteiger partial charge in [-0.15, -0.1) is 0 Å². The van der Waals surface area contributed by atoms with Gasteiger partial charge in [-0.2, -0.15) is 0 Å². The van der Waals surface area contributed by atoms with E-state index >= 15 is 0 Å². The van der Waals surface area contributed by atoms with E-state index in [9.17, 15) is 14.4 Å². The standard InChI is InChI=1S/C22H25N3O6S.Na/c1-13(9-18-20(26)24-22(28)32-18)7-8-14(2)31-12-19-23-17(10-16(30-6)11-29-5)15(3)21(27)25(19)4;/h7-8,10-11,18H,1-3,9,12H2,4-6H3,(H,24,26,28);/q;+1/p-1/b8-7-,16-11-,17-10+;. The molecule has 1 aliphatic heterocycles. The van der Waals surface area contributed by atoms with Gasteiger partial charge in [-0.25, -0.2) is 4.98 Å². The molecule has 11 heteroatoms. The molecule has 33 heavy (non-hydrogen) atoms. The molecule has 1 saturated heterocycles. The van der Waals surface area contributed by atoms with Crippen molar-refractivity contribution < 1.29 is 53.4 Å². The van der Waals surface area contributed by atoms with Crippen molar-refractivity contribution in [1.29, 1.82) is 0 Å². The Balaban J connectivity index is 0.00000544. The summed E-state index contributed by atoms with van der Waals surface area (Å²) in [5, 5.41) is 2.86. The van der Waals surface area contributed by atoms with Gasteiger partial charge < -0.3 is 29.1 Å². The maximum Gasteiger partial charge on any atom is 1.00 e. The van der Waals surface area contributed by atoms with E-state index in [1.165, 1.54) is 31.1 Å². The van der Waals surface area contributed by atoms with Crippen LogP contribution in [0.2, 0.25) is 0 Å². The van der Waals surface area contributed by atoms with Gasteiger partial charge in [-0.05, 0) is 12.5 Å². The fourth-order valence-corrected chi connectivity index (χ4v) is 3.40. The molecule has 2 amide bonds. The Morgan fingerprint density at radius 3 is 2.52 bits per heavy atom. The number of nitrogens with zero attached hydrogens (tertiary/aromatic N) is 3. The number of carbonyl (C=O) groups is 2. The Hall–Kier alpha value is -2.53. The van der Waals surface area contributed by atoms with Crippen LogP contribution in [0.15, 0.2) is 53.5 Å². The molecule has 1 atom stereocenters. The monoisotopic (exact) mass is 481 g/mol. The van der Waals surface area contributed by atoms with Crippen LogP contribution in [0.3, 0.4) is 0 Å². The number of ether oxygens (including phenoxy) is 3. The zero-order chi connectivity index (χ0) is 23.8. The molecule has 1 aromatic heterocycles. The summed E-state index contributed by atoms with van der Waals surface area (Å²) >= 11 is 0.885. The Morgan fingerprint density at radius 1 is 1.24 bits per heavy atom. The summed E-state index contributed by atoms with van der Waals surface area (Å²) in [6, 6.07) is 0. The second-order valence-corrected chi connectivity index (χ2v) is 7.79. The van der Waals surface area contributed by atoms with Gasteiger partial charge >= 0.3 is 29.6 Å². The summed E-state index contributed by atoms with van der Waals surface area (Å²) in [6.45, 7) is 11.4. The van der Waals surface area contributed by atoms with Crippen molar-refractivity contribution in [3.05, 3.63) is 80.7 Å². The molecule has 0 spiro atoms. The maximum absolute atomic E-state index is 12.5. The number of hydrogen-bond acceptors (Lipinski definition) is 8. The maximum atomic E-state index is 12.5. The van der Waals surface area contributed by atoms with E-state index in [2.05, 4.69) is 30.0 Å². The van der Waals surface area contributed by atoms with Gasteiger partial charge in [0.2, 0.25) is 0 Å². The van der Waals surface area contributed by atoms with E-state index in [1.807, 2.05) is 0 Å². The van der Waals surface area contributed by atoms with Crippen LogP contribution in [-0.2, 0) is 32.7 Å². The van der Waals surface area contributed by atoms with Gasteiger partial charge in [0.25, 0.3) is 5.56 Å². The van der Waals surface area contributed by atoms with Crippen LogP contribution in [0.4, 0.5) is 4.79 Å². The van der Waals surface area contributed by atoms with E-state index in [1.54, 1.807) is 19.2 Å². The Morgan fingerprint density at radius 2 is 1.94 bits per heavy atom. The van der Waals surface area contributed by atoms with Crippen molar-refractivity contribution in [2.75, 3.05) is 14.2 Å². The first-order valence-electron chi connectivity index (χ1n) is 9.33. The molecule has 0 aromatic carbocycles. The van der Waals surface area contributed by atoms with E-state index in [-0.39, 0.29) is 46.9 Å². The fourth-order valence-electron chi connectivity index (χ4n) is 2.56. The summed E-state index contributed by atoms with van der Waals surface area (Å²) in [7, 11) is 4.51. The molecule has 2 heterocycles. The average molecular weight is 482 g/mol. The van der Waals surface area contributed by atoms with E-state index in [0.717, 1.165) is 11.8 Å². The van der Waals surface area contributed by atoms with Gasteiger partial charge in [0.15, 0.2) is 5.76 Å². The van der Waals surface area contributed by atoms with Crippen LogP contribution in [0.25, 0.3) is 18.0 Å². The summed E-state index contributed by atoms with van der Waals surface area (Å²) in [6.07, 6.45) is 6.42. The molecule has 0 aliphatic carbocycles. The molecule has 2 rings (SSSR count). The minimum Gasteiger partial charge on any atom is -0.585 e. The van der Waals surface area contributed by atoms with Gasteiger partial charge in [0.1, 0.15) is 29.7 Å². The van der Waals surface area contributed by atoms with Crippen molar-refractivity contribution in [2.45, 2.75) is 18.3 Å². The SMILES string of the molecule is C=C(/C=C\C(=C)OCc1n/c(=C/C(=C/OC)OC)c(=C)c(=O)n1C)CC1SC(=O)[N-]C1=O.[Na+]. The quantitative estimate of drug-likeness (QED) is 0.232. The topological polar surface area (TPSA) is 111 Å². The summed E-state index contributed by atoms with van der Waals surface area (Å²) in [4.78, 5) is 39.7. The average Bonchev–Trinajstić information content (AvgIpc) is 3.07. The first-order chi connectivity index (χ1) is 15.2. The van der Waals surface area contributed by atoms with E-state index < -0.39 is 16.4 Å². The second-order valence-electron chi connectivity index (χ2n) is 6.63. The third-order valence-electron chi connectivity index (χ3n) is 4.32. The Kier molecular flexibility index (Phi) is 11.4. The number of thioether (sulfide) groups is 1. The van der Waals surface area contributed by atoms with Gasteiger partial charge in [-0.1, -0.05) is 43.1 Å². The number of hydrogen-bond donors (Lipinski definition) is 0. The largest absolute Gasteiger partial charge is 1.00 e. The zero-order valence-corrected chi connectivity index (χ0v) is 21.9. The van der Waals surface area contributed by atoms with Crippen molar-refractivity contribution in [3.8, 4) is 0 Å². The summed E-state index contributed by atoms with van der Waals surface area (Å²) < 4.78 is 17.0. The third-order valence-corrected chi connectivity index (χ3v) is 5.26. The number of amides is 2. The van der Waals surface area contributed by atoms with Crippen LogP contribution in [0.5, 0.6) is 0 Å². The number of methoxy groups -OCH3 is 2. The second kappa shape index (κ2) is 13.2. The molecule has 1 aliphatic rings. The molecular formula is C22H24N3NaO6S. The smallest absolute Gasteiger partial charge is 0.585 e. The zero-order valence-electron chi connectivity index (χ0n) is 19.1. The molecule has 0 N–H and O–H groups in total. The predicted octanol–water partition coefficient (Wildman–Crippen LogP) is -1.22. The van der Waals surface area contributed by atoms with Gasteiger partial charge in [-0.3, -0.25) is 9.36 Å². The molecule has 0 saturated carbocycles. The Labute approximate surface area is 217 Å². The predicted molar refractivity (Wildman–Crippen MR) is 123 cm³/mol. The van der Waals surface area contributed by atoms with Crippen LogP contribution in [0.1, 0.15) is 12.2 Å². The van der Waals surface area contributed by atoms with Gasteiger partial charge in [0.05, 0.1) is 35.9 Å². The molecule has 1 unspecified atom stereocenters. The molecule has 0 bridgehead atoms. The number of allylic oxidation sites excluding steroid dienone is 4. The Bertz CT molecular complexity index is 1170. The van der Waals surface area contributed by atoms with Crippen LogP contribution in [-0.4, -0.2) is 40.2 Å². The molecule has 1 aromatic rings. The summed E-state index contributed by atoms with van der Waals surface area (Å²) in [5.41, 5.74) is 0.289. The van der Waals surface area contributed by atoms with Crippen LogP contribution >= 0.6 is 11.8 Å². The molecule has 1 fully saturated rings. The van der Waals surface area contributed by atoms with Crippen molar-refractivity contribution >= 4 is 35.6 Å². The van der Waals surface area contributed by atoms with Crippen molar-refractivity contribution in [2.24, 2.45) is 7.05 Å². The summed E-state index contributed by atoms with van der Waals surface area (Å²) in [5.74, 6) is 0.565. The number of carbonyl (C=O) groups excluding carboxylic acids is 2. The minimum atomic E-state index is -0.549. The number of rotatable bonds is 10. The minimum absolute atomic E-state index is 0. The molecular weight excluding hydrogens is 457 g/mol. The van der Waals surface area contributed by atoms with E-state index in [0.29, 0.717) is 34.7 Å². The third kappa shape index (κ3) is 8.08. The normalized spacial score (nSPS) is 16.4. The van der Waals surface area contributed by atoms with Crippen molar-refractivity contribution in [3.63, 3.8) is 0 Å². The molecule has 0 radical (unpaired) electrons. The number of imide groups is 1. The van der Waals surface area contributed by atoms with Crippen LogP contribution < -0.4 is 45.7 Å². The van der Waals surface area contributed by atoms with Gasteiger partial charge in [0, 0.05) is 13.1 Å². The first-order valence-corrected chi connectivity index (χ1v) is 10.2. The number of aromatic nitrogens is 2. The molecule has 170 valence electrons. The fraction of sp³-hybridized carbons (Fsp3) is 0.273. The van der Waals surface area contributed by atoms with Crippen LogP contribution in [0, 0.1) is 0 Å².